The molecule has 0 spiro atoms. The molecule has 0 fully saturated rings. The van der Waals surface area contributed by atoms with Crippen LogP contribution in [0.2, 0.25) is 0 Å². The number of nitrogens with one attached hydrogen (secondary N) is 5. The molecule has 0 aromatic carbocycles. The van der Waals surface area contributed by atoms with Crippen LogP contribution in [0, 0.1) is 69.6 Å². The van der Waals surface area contributed by atoms with Crippen LogP contribution in [0.4, 0.5) is 0 Å². The van der Waals surface area contributed by atoms with E-state index >= 15 is 0 Å². The first-order valence-corrected chi connectivity index (χ1v) is 26.2. The van der Waals surface area contributed by atoms with Gasteiger partial charge in [0.2, 0.25) is 23.6 Å². The molecule has 0 aromatic heterocycles. The van der Waals surface area contributed by atoms with Crippen molar-refractivity contribution in [2.24, 2.45) is 0 Å². The van der Waals surface area contributed by atoms with Gasteiger partial charge >= 0.3 is 31.1 Å². The molecule has 0 aromatic rings. The Balaban J connectivity index is -0.00000106. The van der Waals surface area contributed by atoms with Crippen molar-refractivity contribution in [3.8, 4) is 24.7 Å². The molecule has 0 aliphatic rings. The van der Waals surface area contributed by atoms with Crippen LogP contribution < -0.4 is 26.9 Å². The Morgan fingerprint density at radius 1 is 0.726 bits per heavy atom. The monoisotopic (exact) mass is 1280 g/mol. The number of hydrazine groups is 1. The largest absolute Gasteiger partial charge is 2.00 e. The van der Waals surface area contributed by atoms with E-state index in [9.17, 15) is 24.0 Å². The molecule has 20 heteroatoms. The number of rotatable bonds is 41. The summed E-state index contributed by atoms with van der Waals surface area (Å²) in [7, 11) is 0. The fourth-order valence-corrected chi connectivity index (χ4v) is 7.05. The van der Waals surface area contributed by atoms with E-state index in [1.54, 1.807) is 6.92 Å². The fourth-order valence-electron chi connectivity index (χ4n) is 6.28. The second-order valence-corrected chi connectivity index (χ2v) is 18.7. The summed E-state index contributed by atoms with van der Waals surface area (Å²) in [6.45, 7) is 33.7. The molecule has 0 saturated carbocycles. The second-order valence-electron chi connectivity index (χ2n) is 17.6. The van der Waals surface area contributed by atoms with Gasteiger partial charge in [0.25, 0.3) is 0 Å². The molecular weight excluding hydrogens is 1180 g/mol. The molecule has 0 aliphatic heterocycles. The zero-order chi connectivity index (χ0) is 55.5. The van der Waals surface area contributed by atoms with Crippen molar-refractivity contribution in [1.29, 1.82) is 0 Å². The van der Waals surface area contributed by atoms with Gasteiger partial charge < -0.3 is 63.9 Å². The topological polar surface area (TPSA) is 224 Å². The quantitative estimate of drug-likeness (QED) is 0.00977. The fraction of sp³-hybridized carbons (Fsp3) is 0.755. The maximum atomic E-state index is 13.6. The summed E-state index contributed by atoms with van der Waals surface area (Å²) in [5, 5.41) is 21.8. The van der Waals surface area contributed by atoms with Gasteiger partial charge in [0.05, 0.1) is 45.9 Å². The second kappa shape index (κ2) is 55.5. The van der Waals surface area contributed by atoms with Crippen molar-refractivity contribution in [2.75, 3.05) is 79.2 Å². The number of aliphatic hydroxyl groups excluding tert-OH is 1. The minimum atomic E-state index is -1.04. The first kappa shape index (κ1) is 79.2. The van der Waals surface area contributed by atoms with Crippen LogP contribution in [-0.4, -0.2) is 147 Å². The van der Waals surface area contributed by atoms with E-state index in [-0.39, 0.29) is 175 Å². The van der Waals surface area contributed by atoms with E-state index in [1.807, 2.05) is 39.6 Å². The Morgan fingerprint density at radius 3 is 1.55 bits per heavy atom. The Bertz CT molecular complexity index is 1410. The Labute approximate surface area is 470 Å². The third-order valence-electron chi connectivity index (χ3n) is 9.60. The zero-order valence-electron chi connectivity index (χ0n) is 46.6. The van der Waals surface area contributed by atoms with E-state index in [0.717, 1.165) is 12.8 Å². The van der Waals surface area contributed by atoms with E-state index in [0.29, 0.717) is 52.5 Å². The number of nitrogens with zero attached hydrogens (tertiary/aromatic N) is 1. The zero-order valence-corrected chi connectivity index (χ0v) is 51.5. The summed E-state index contributed by atoms with van der Waals surface area (Å²) in [5.41, 5.74) is 1.43. The molecule has 73 heavy (non-hydrogen) atoms. The molecule has 0 rings (SSSR count). The number of hydrogen-bond acceptors (Lipinski definition) is 15. The van der Waals surface area contributed by atoms with Gasteiger partial charge in [-0.25, -0.2) is 9.29 Å². The minimum absolute atomic E-state index is 0. The number of carbonyl (C=O) groups excluding carboxylic acids is 5. The molecule has 0 saturated heterocycles. The summed E-state index contributed by atoms with van der Waals surface area (Å²) in [5.74, 6) is 3.70. The Hall–Kier alpha value is -2.71. The molecule has 18 nitrogen and oxygen atoms in total. The molecule has 1 unspecified atom stereocenters. The average molecular weight is 1280 g/mol. The molecule has 4 amide bonds. The summed E-state index contributed by atoms with van der Waals surface area (Å²) in [6.07, 6.45) is 15.8. The molecule has 0 bridgehead atoms. The maximum Gasteiger partial charge on any atom is 2.00 e. The number of hydrogen-bond donors (Lipinski definition) is 6. The smallest absolute Gasteiger partial charge is 0.534 e. The van der Waals surface area contributed by atoms with Crippen molar-refractivity contribution < 1.29 is 88.2 Å². The summed E-state index contributed by atoms with van der Waals surface area (Å²) >= 11 is 1.30. The SMILES string of the molecule is C#CCOCCOCCNC(=O)CCC(CCC(=O)CC)(CCC(=O)NCCOCCOCC#C)NC(=O)CCCC(=O)NC(C)(C)CC(C)SONN(C(C)C)C(C)C.C=COC[CH2-].CCCO.[CH2-]CC.[U+2]. The van der Waals surface area contributed by atoms with Gasteiger partial charge in [0, 0.05) is 98.7 Å². The van der Waals surface area contributed by atoms with Crippen LogP contribution in [-0.2, 0) is 51.9 Å². The Morgan fingerprint density at radius 2 is 1.16 bits per heavy atom. The number of aliphatic hydroxyl groups is 1. The van der Waals surface area contributed by atoms with E-state index < -0.39 is 11.1 Å². The summed E-state index contributed by atoms with van der Waals surface area (Å²) in [6, 6.07) is 0.499. The van der Waals surface area contributed by atoms with Gasteiger partial charge in [-0.05, 0) is 86.7 Å². The average Bonchev–Trinajstić information content (AvgIpc) is 3.32. The third kappa shape index (κ3) is 55.3. The normalized spacial score (nSPS) is 11.2. The van der Waals surface area contributed by atoms with Crippen LogP contribution in [0.15, 0.2) is 12.8 Å². The predicted molar refractivity (Wildman–Crippen MR) is 289 cm³/mol. The molecule has 6 N–H and O–H groups in total. The van der Waals surface area contributed by atoms with Gasteiger partial charge in [-0.1, -0.05) is 46.1 Å². The molecular formula is C53H98N6O12SU. The van der Waals surface area contributed by atoms with Gasteiger partial charge in [-0.15, -0.1) is 18.4 Å². The maximum absolute atomic E-state index is 13.6. The minimum Gasteiger partial charge on any atom is -0.534 e. The molecule has 422 valence electrons. The van der Waals surface area contributed by atoms with Crippen LogP contribution in [0.3, 0.4) is 0 Å². The van der Waals surface area contributed by atoms with E-state index in [2.05, 4.69) is 91.6 Å². The van der Waals surface area contributed by atoms with Gasteiger partial charge in [-0.3, -0.25) is 24.0 Å². The number of carbonyl (C=O) groups is 5. The van der Waals surface area contributed by atoms with Crippen molar-refractivity contribution in [3.63, 3.8) is 0 Å². The molecule has 0 radical (unpaired) electrons. The molecule has 1 atom stereocenters. The summed E-state index contributed by atoms with van der Waals surface area (Å²) in [4.78, 5) is 65.1. The van der Waals surface area contributed by atoms with Crippen LogP contribution in [0.5, 0.6) is 0 Å². The van der Waals surface area contributed by atoms with Gasteiger partial charge in [0.1, 0.15) is 19.0 Å². The van der Waals surface area contributed by atoms with Crippen molar-refractivity contribution >= 4 is 41.5 Å². The Kier molecular flexibility index (Phi) is 60.2. The van der Waals surface area contributed by atoms with E-state index in [4.69, 9.17) is 41.2 Å². The number of Topliss-reactive ketones (excluding diaryl/α,β-unsaturated/α-hetero) is 1. The number of ether oxygens (including phenoxy) is 5. The first-order valence-electron chi connectivity index (χ1n) is 25.4. The van der Waals surface area contributed by atoms with Crippen molar-refractivity contribution in [2.45, 2.75) is 181 Å². The number of ketones is 1. The van der Waals surface area contributed by atoms with Gasteiger partial charge in [-0.2, -0.15) is 6.42 Å². The molecule has 0 aliphatic carbocycles. The third-order valence-corrected chi connectivity index (χ3v) is 10.3. The standard InChI is InChI=1S/C43H76N6O10S.C4H7O.C3H8O.C3H7.U/c1-11-25-55-29-31-57-27-23-44-38(51)18-21-43(20-17-37(50)13-3,22-19-39(52)45-24-28-58-32-30-56-26-12-2)47-41(54)16-14-15-40(53)46-42(9,10)33-36(8)60-59-48-49(34(4)5)35(6)7;1-3-5-4-2;1-2-3-4;1-3-2;/h1-2,34-36,48H,13-33H2,3-10H3,(H,44,51)(H,45,52)(H,46,53)(H,47,54);3H,1-2,4H2;4H,2-3H2,1H3;1,3H2,2H3;/q;-1;;-1;+2. The van der Waals surface area contributed by atoms with Crippen LogP contribution in [0.25, 0.3) is 0 Å². The number of amides is 4. The van der Waals surface area contributed by atoms with Crippen molar-refractivity contribution in [3.05, 3.63) is 26.7 Å². The van der Waals surface area contributed by atoms with Crippen LogP contribution >= 0.6 is 12.0 Å². The van der Waals surface area contributed by atoms with Gasteiger partial charge in [0.15, 0.2) is 0 Å². The van der Waals surface area contributed by atoms with Crippen LogP contribution in [0.1, 0.15) is 153 Å². The summed E-state index contributed by atoms with van der Waals surface area (Å²) < 4.78 is 31.4. The molecule has 0 heterocycles. The number of terminal acetylenes is 2. The first-order chi connectivity index (χ1) is 34.2. The predicted octanol–water partition coefficient (Wildman–Crippen LogP) is 6.37. The van der Waals surface area contributed by atoms with Crippen molar-refractivity contribution in [1.82, 2.24) is 31.9 Å². The van der Waals surface area contributed by atoms with E-state index in [1.165, 1.54) is 18.3 Å².